The fraction of sp³-hybridized carbons (Fsp3) is 0.556. The lowest BCUT2D eigenvalue weighted by Crippen LogP contribution is -2.49. The number of hydrogen-bond donors (Lipinski definition) is 2. The monoisotopic (exact) mass is 385 g/mol. The molecule has 5 nitrogen and oxygen atoms in total. The van der Waals surface area contributed by atoms with Gasteiger partial charge in [-0.25, -0.2) is 0 Å². The Labute approximate surface area is 159 Å². The molecule has 1 saturated carbocycles. The number of likely N-dealkylation sites (N-methyl/N-ethyl adjacent to an activating group) is 1. The lowest BCUT2D eigenvalue weighted by molar-refractivity contribution is -0.127. The van der Waals surface area contributed by atoms with Crippen molar-refractivity contribution >= 4 is 40.7 Å². The first-order chi connectivity index (χ1) is 11.9. The third-order valence-corrected chi connectivity index (χ3v) is 5.24. The Morgan fingerprint density at radius 2 is 1.80 bits per heavy atom. The van der Waals surface area contributed by atoms with Crippen LogP contribution >= 0.6 is 23.2 Å². The molecule has 138 valence electrons. The summed E-state index contributed by atoms with van der Waals surface area (Å²) in [7, 11) is 1.75. The third kappa shape index (κ3) is 5.87. The molecule has 0 aromatic heterocycles. The van der Waals surface area contributed by atoms with E-state index in [4.69, 9.17) is 23.2 Å². The standard InChI is InChI=1S/C18H25Cl2N3O2/c1-12(18(25)21-13-7-4-3-5-8-13)23(2)11-16(24)22-17-14(19)9-6-10-15(17)20/h6,9-10,12-13H,3-5,7-8,11H2,1-2H3,(H,21,25)(H,22,24). The van der Waals surface area contributed by atoms with Crippen LogP contribution in [-0.4, -0.2) is 42.4 Å². The third-order valence-electron chi connectivity index (χ3n) is 4.61. The van der Waals surface area contributed by atoms with Gasteiger partial charge in [0.2, 0.25) is 11.8 Å². The van der Waals surface area contributed by atoms with Crippen LogP contribution in [0.5, 0.6) is 0 Å². The SMILES string of the molecule is CC(C(=O)NC1CCCCC1)N(C)CC(=O)Nc1c(Cl)cccc1Cl. The van der Waals surface area contributed by atoms with Crippen molar-refractivity contribution in [1.82, 2.24) is 10.2 Å². The van der Waals surface area contributed by atoms with Crippen molar-refractivity contribution in [3.63, 3.8) is 0 Å². The molecule has 2 amide bonds. The van der Waals surface area contributed by atoms with E-state index in [1.165, 1.54) is 6.42 Å². The summed E-state index contributed by atoms with van der Waals surface area (Å²) in [6.45, 7) is 1.87. The summed E-state index contributed by atoms with van der Waals surface area (Å²) in [6, 6.07) is 4.90. The highest BCUT2D eigenvalue weighted by Gasteiger charge is 2.23. The number of halogens is 2. The van der Waals surface area contributed by atoms with E-state index in [0.717, 1.165) is 25.7 Å². The van der Waals surface area contributed by atoms with Gasteiger partial charge in [0.05, 0.1) is 28.3 Å². The smallest absolute Gasteiger partial charge is 0.238 e. The van der Waals surface area contributed by atoms with Gasteiger partial charge in [-0.05, 0) is 38.9 Å². The summed E-state index contributed by atoms with van der Waals surface area (Å²) in [5.41, 5.74) is 0.392. The number of nitrogens with zero attached hydrogens (tertiary/aromatic N) is 1. The fourth-order valence-electron chi connectivity index (χ4n) is 2.93. The minimum absolute atomic E-state index is 0.0435. The fourth-order valence-corrected chi connectivity index (χ4v) is 3.42. The number of amides is 2. The minimum Gasteiger partial charge on any atom is -0.352 e. The topological polar surface area (TPSA) is 61.4 Å². The number of anilines is 1. The van der Waals surface area contributed by atoms with Crippen molar-refractivity contribution in [2.75, 3.05) is 18.9 Å². The predicted molar refractivity (Wildman–Crippen MR) is 102 cm³/mol. The molecular formula is C18H25Cl2N3O2. The molecular weight excluding hydrogens is 361 g/mol. The Balaban J connectivity index is 1.86. The van der Waals surface area contributed by atoms with Crippen molar-refractivity contribution in [1.29, 1.82) is 0 Å². The number of hydrogen-bond acceptors (Lipinski definition) is 3. The van der Waals surface area contributed by atoms with E-state index >= 15 is 0 Å². The molecule has 1 atom stereocenters. The van der Waals surface area contributed by atoms with Gasteiger partial charge in [0.1, 0.15) is 0 Å². The van der Waals surface area contributed by atoms with E-state index in [9.17, 15) is 9.59 Å². The molecule has 0 bridgehead atoms. The van der Waals surface area contributed by atoms with Gasteiger partial charge in [0, 0.05) is 6.04 Å². The molecule has 0 heterocycles. The number of nitrogens with one attached hydrogen (secondary N) is 2. The summed E-state index contributed by atoms with van der Waals surface area (Å²) in [4.78, 5) is 26.3. The summed E-state index contributed by atoms with van der Waals surface area (Å²) >= 11 is 12.1. The second kappa shape index (κ2) is 9.41. The zero-order chi connectivity index (χ0) is 18.4. The molecule has 2 rings (SSSR count). The first kappa shape index (κ1) is 20.0. The van der Waals surface area contributed by atoms with Crippen LogP contribution in [0.3, 0.4) is 0 Å². The molecule has 1 aromatic rings. The van der Waals surface area contributed by atoms with Gasteiger partial charge in [-0.15, -0.1) is 0 Å². The van der Waals surface area contributed by atoms with Crippen molar-refractivity contribution < 1.29 is 9.59 Å². The highest BCUT2D eigenvalue weighted by Crippen LogP contribution is 2.29. The van der Waals surface area contributed by atoms with E-state index in [1.54, 1.807) is 37.1 Å². The maximum Gasteiger partial charge on any atom is 0.238 e. The maximum absolute atomic E-state index is 12.4. The second-order valence-corrected chi connectivity index (χ2v) is 7.39. The number of rotatable bonds is 6. The van der Waals surface area contributed by atoms with Gasteiger partial charge < -0.3 is 10.6 Å². The van der Waals surface area contributed by atoms with Gasteiger partial charge in [0.25, 0.3) is 0 Å². The van der Waals surface area contributed by atoms with Gasteiger partial charge in [-0.3, -0.25) is 14.5 Å². The first-order valence-electron chi connectivity index (χ1n) is 8.63. The lowest BCUT2D eigenvalue weighted by Gasteiger charge is -2.28. The van der Waals surface area contributed by atoms with Crippen LogP contribution in [0, 0.1) is 0 Å². The Hall–Kier alpha value is -1.30. The highest BCUT2D eigenvalue weighted by atomic mass is 35.5. The molecule has 7 heteroatoms. The van der Waals surface area contributed by atoms with Crippen LogP contribution in [0.15, 0.2) is 18.2 Å². The van der Waals surface area contributed by atoms with E-state index in [2.05, 4.69) is 10.6 Å². The molecule has 1 aliphatic rings. The average Bonchev–Trinajstić information content (AvgIpc) is 2.58. The van der Waals surface area contributed by atoms with E-state index in [-0.39, 0.29) is 24.4 Å². The van der Waals surface area contributed by atoms with Crippen LogP contribution in [0.4, 0.5) is 5.69 Å². The number of carbonyl (C=O) groups excluding carboxylic acids is 2. The quantitative estimate of drug-likeness (QED) is 0.784. The molecule has 1 fully saturated rings. The van der Waals surface area contributed by atoms with Crippen LogP contribution < -0.4 is 10.6 Å². The zero-order valence-corrected chi connectivity index (χ0v) is 16.2. The van der Waals surface area contributed by atoms with Gasteiger partial charge in [-0.1, -0.05) is 48.5 Å². The van der Waals surface area contributed by atoms with Crippen LogP contribution in [0.2, 0.25) is 10.0 Å². The first-order valence-corrected chi connectivity index (χ1v) is 9.38. The van der Waals surface area contributed by atoms with E-state index in [1.807, 2.05) is 0 Å². The van der Waals surface area contributed by atoms with Gasteiger partial charge in [-0.2, -0.15) is 0 Å². The summed E-state index contributed by atoms with van der Waals surface area (Å²) < 4.78 is 0. The number of para-hydroxylation sites is 1. The molecule has 1 aromatic carbocycles. The molecule has 1 aliphatic carbocycles. The van der Waals surface area contributed by atoms with Crippen molar-refractivity contribution in [3.8, 4) is 0 Å². The summed E-state index contributed by atoms with van der Waals surface area (Å²) in [5, 5.41) is 6.56. The summed E-state index contributed by atoms with van der Waals surface area (Å²) in [5.74, 6) is -0.312. The van der Waals surface area contributed by atoms with E-state index < -0.39 is 6.04 Å². The van der Waals surface area contributed by atoms with Crippen molar-refractivity contribution in [2.45, 2.75) is 51.1 Å². The van der Waals surface area contributed by atoms with Crippen molar-refractivity contribution in [2.24, 2.45) is 0 Å². The molecule has 0 radical (unpaired) electrons. The average molecular weight is 386 g/mol. The molecule has 0 aliphatic heterocycles. The molecule has 2 N–H and O–H groups in total. The maximum atomic E-state index is 12.4. The van der Waals surface area contributed by atoms with Crippen LogP contribution in [0.1, 0.15) is 39.0 Å². The number of carbonyl (C=O) groups is 2. The predicted octanol–water partition coefficient (Wildman–Crippen LogP) is 3.70. The zero-order valence-electron chi connectivity index (χ0n) is 14.6. The Bertz CT molecular complexity index is 598. The molecule has 0 spiro atoms. The Morgan fingerprint density at radius 1 is 1.20 bits per heavy atom. The minimum atomic E-state index is -0.394. The van der Waals surface area contributed by atoms with Crippen LogP contribution in [-0.2, 0) is 9.59 Å². The van der Waals surface area contributed by atoms with Gasteiger partial charge >= 0.3 is 0 Å². The van der Waals surface area contributed by atoms with Crippen LogP contribution in [0.25, 0.3) is 0 Å². The normalized spacial score (nSPS) is 16.5. The van der Waals surface area contributed by atoms with Gasteiger partial charge in [0.15, 0.2) is 0 Å². The Kier molecular flexibility index (Phi) is 7.54. The van der Waals surface area contributed by atoms with E-state index in [0.29, 0.717) is 15.7 Å². The van der Waals surface area contributed by atoms with Crippen molar-refractivity contribution in [3.05, 3.63) is 28.2 Å². The second-order valence-electron chi connectivity index (χ2n) is 6.58. The largest absolute Gasteiger partial charge is 0.352 e. The molecule has 25 heavy (non-hydrogen) atoms. The summed E-state index contributed by atoms with van der Waals surface area (Å²) in [6.07, 6.45) is 5.64. The lowest BCUT2D eigenvalue weighted by atomic mass is 9.95. The molecule has 1 unspecified atom stereocenters. The molecule has 0 saturated heterocycles. The Morgan fingerprint density at radius 3 is 2.40 bits per heavy atom. The highest BCUT2D eigenvalue weighted by molar-refractivity contribution is 6.39. The number of benzene rings is 1.